The van der Waals surface area contributed by atoms with Crippen LogP contribution in [0.2, 0.25) is 0 Å². The molecular formula is C16H19N7. The summed E-state index contributed by atoms with van der Waals surface area (Å²) in [6, 6.07) is 3.96. The van der Waals surface area contributed by atoms with Gasteiger partial charge >= 0.3 is 0 Å². The standard InChI is InChI=1S/C16H19N7/c1-22-14-13(11-19-22)15(23-7-2-3-8-23)21-16(20-14)18-10-12-5-4-6-17-9-12/h4-6,9,11H,2-3,7-8,10H2,1H3,(H,18,20,21). The second kappa shape index (κ2) is 5.83. The Bertz CT molecular complexity index is 806. The van der Waals surface area contributed by atoms with Crippen molar-refractivity contribution in [2.24, 2.45) is 7.05 Å². The molecule has 7 nitrogen and oxygen atoms in total. The maximum Gasteiger partial charge on any atom is 0.227 e. The number of fused-ring (bicyclic) bond motifs is 1. The number of nitrogens with zero attached hydrogens (tertiary/aromatic N) is 6. The van der Waals surface area contributed by atoms with Crippen LogP contribution in [-0.2, 0) is 13.6 Å². The van der Waals surface area contributed by atoms with E-state index >= 15 is 0 Å². The van der Waals surface area contributed by atoms with E-state index in [0.29, 0.717) is 12.5 Å². The number of aromatic nitrogens is 5. The van der Waals surface area contributed by atoms with E-state index in [2.05, 4.69) is 25.3 Å². The van der Waals surface area contributed by atoms with Crippen molar-refractivity contribution in [2.75, 3.05) is 23.3 Å². The fraction of sp³-hybridized carbons (Fsp3) is 0.375. The molecule has 4 rings (SSSR count). The molecular weight excluding hydrogens is 290 g/mol. The van der Waals surface area contributed by atoms with Crippen LogP contribution < -0.4 is 10.2 Å². The second-order valence-electron chi connectivity index (χ2n) is 5.79. The predicted octanol–water partition coefficient (Wildman–Crippen LogP) is 1.97. The Morgan fingerprint density at radius 1 is 1.17 bits per heavy atom. The third-order valence-electron chi connectivity index (χ3n) is 4.15. The van der Waals surface area contributed by atoms with E-state index in [0.717, 1.165) is 35.5 Å². The van der Waals surface area contributed by atoms with Gasteiger partial charge in [0, 0.05) is 39.1 Å². The van der Waals surface area contributed by atoms with Crippen LogP contribution in [0.5, 0.6) is 0 Å². The van der Waals surface area contributed by atoms with Gasteiger partial charge in [-0.1, -0.05) is 6.07 Å². The first kappa shape index (κ1) is 13.9. The van der Waals surface area contributed by atoms with E-state index in [-0.39, 0.29) is 0 Å². The van der Waals surface area contributed by atoms with Gasteiger partial charge in [-0.15, -0.1) is 0 Å². The molecule has 1 N–H and O–H groups in total. The largest absolute Gasteiger partial charge is 0.356 e. The monoisotopic (exact) mass is 309 g/mol. The van der Waals surface area contributed by atoms with Crippen LogP contribution in [-0.4, -0.2) is 37.8 Å². The zero-order valence-corrected chi connectivity index (χ0v) is 13.1. The Hall–Kier alpha value is -2.70. The highest BCUT2D eigenvalue weighted by atomic mass is 15.3. The highest BCUT2D eigenvalue weighted by molar-refractivity contribution is 5.88. The van der Waals surface area contributed by atoms with Gasteiger partial charge in [0.25, 0.3) is 0 Å². The molecule has 0 atom stereocenters. The summed E-state index contributed by atoms with van der Waals surface area (Å²) < 4.78 is 1.80. The van der Waals surface area contributed by atoms with Gasteiger partial charge in [-0.05, 0) is 24.5 Å². The van der Waals surface area contributed by atoms with Crippen LogP contribution in [0.4, 0.5) is 11.8 Å². The van der Waals surface area contributed by atoms with Crippen molar-refractivity contribution in [2.45, 2.75) is 19.4 Å². The summed E-state index contributed by atoms with van der Waals surface area (Å²) in [5.41, 5.74) is 1.96. The molecule has 1 fully saturated rings. The molecule has 1 aliphatic heterocycles. The van der Waals surface area contributed by atoms with Crippen molar-refractivity contribution in [3.8, 4) is 0 Å². The van der Waals surface area contributed by atoms with E-state index in [1.54, 1.807) is 10.9 Å². The lowest BCUT2D eigenvalue weighted by Crippen LogP contribution is -2.20. The Morgan fingerprint density at radius 2 is 2.04 bits per heavy atom. The minimum Gasteiger partial charge on any atom is -0.356 e. The molecule has 0 aromatic carbocycles. The quantitative estimate of drug-likeness (QED) is 0.794. The number of rotatable bonds is 4. The van der Waals surface area contributed by atoms with Gasteiger partial charge in [0.1, 0.15) is 5.82 Å². The number of nitrogens with one attached hydrogen (secondary N) is 1. The van der Waals surface area contributed by atoms with Crippen molar-refractivity contribution in [3.05, 3.63) is 36.3 Å². The summed E-state index contributed by atoms with van der Waals surface area (Å²) in [6.45, 7) is 2.74. The van der Waals surface area contributed by atoms with Gasteiger partial charge in [0.05, 0.1) is 11.6 Å². The molecule has 118 valence electrons. The van der Waals surface area contributed by atoms with Crippen LogP contribution in [0.1, 0.15) is 18.4 Å². The zero-order chi connectivity index (χ0) is 15.6. The van der Waals surface area contributed by atoms with Gasteiger partial charge < -0.3 is 10.2 Å². The molecule has 0 radical (unpaired) electrons. The first-order chi connectivity index (χ1) is 11.3. The van der Waals surface area contributed by atoms with Crippen LogP contribution >= 0.6 is 0 Å². The normalized spacial score (nSPS) is 14.6. The molecule has 0 bridgehead atoms. The molecule has 0 spiro atoms. The van der Waals surface area contributed by atoms with Crippen LogP contribution in [0.15, 0.2) is 30.7 Å². The summed E-state index contributed by atoms with van der Waals surface area (Å²) in [6.07, 6.45) is 7.90. The van der Waals surface area contributed by atoms with E-state index < -0.39 is 0 Å². The third-order valence-corrected chi connectivity index (χ3v) is 4.15. The molecule has 0 amide bonds. The summed E-state index contributed by atoms with van der Waals surface area (Å²) in [5, 5.41) is 8.66. The van der Waals surface area contributed by atoms with Crippen LogP contribution in [0, 0.1) is 0 Å². The molecule has 3 aromatic rings. The highest BCUT2D eigenvalue weighted by Crippen LogP contribution is 2.27. The Labute approximate surface area is 134 Å². The summed E-state index contributed by atoms with van der Waals surface area (Å²) in [7, 11) is 1.91. The van der Waals surface area contributed by atoms with Crippen molar-refractivity contribution in [3.63, 3.8) is 0 Å². The Balaban J connectivity index is 1.67. The lowest BCUT2D eigenvalue weighted by atomic mass is 10.3. The molecule has 1 saturated heterocycles. The molecule has 7 heteroatoms. The Kier molecular flexibility index (Phi) is 3.53. The van der Waals surface area contributed by atoms with Crippen molar-refractivity contribution >= 4 is 22.8 Å². The molecule has 0 unspecified atom stereocenters. The summed E-state index contributed by atoms with van der Waals surface area (Å²) in [4.78, 5) is 15.8. The molecule has 3 aromatic heterocycles. The topological polar surface area (TPSA) is 71.8 Å². The number of hydrogen-bond acceptors (Lipinski definition) is 6. The number of pyridine rings is 1. The van der Waals surface area contributed by atoms with Crippen molar-refractivity contribution < 1.29 is 0 Å². The third kappa shape index (κ3) is 2.69. The first-order valence-corrected chi connectivity index (χ1v) is 7.89. The Morgan fingerprint density at radius 3 is 2.83 bits per heavy atom. The fourth-order valence-corrected chi connectivity index (χ4v) is 2.94. The van der Waals surface area contributed by atoms with Crippen molar-refractivity contribution in [1.82, 2.24) is 24.7 Å². The first-order valence-electron chi connectivity index (χ1n) is 7.89. The van der Waals surface area contributed by atoms with Crippen LogP contribution in [0.25, 0.3) is 11.0 Å². The second-order valence-corrected chi connectivity index (χ2v) is 5.79. The fourth-order valence-electron chi connectivity index (χ4n) is 2.94. The zero-order valence-electron chi connectivity index (χ0n) is 13.1. The van der Waals surface area contributed by atoms with Gasteiger partial charge in [0.15, 0.2) is 5.65 Å². The summed E-state index contributed by atoms with van der Waals surface area (Å²) in [5.74, 6) is 1.61. The van der Waals surface area contributed by atoms with E-state index in [1.165, 1.54) is 12.8 Å². The smallest absolute Gasteiger partial charge is 0.227 e. The number of aryl methyl sites for hydroxylation is 1. The molecule has 1 aliphatic rings. The lowest BCUT2D eigenvalue weighted by Gasteiger charge is -2.18. The molecule has 0 aliphatic carbocycles. The van der Waals surface area contributed by atoms with Crippen molar-refractivity contribution in [1.29, 1.82) is 0 Å². The molecule has 23 heavy (non-hydrogen) atoms. The van der Waals surface area contributed by atoms with Crippen LogP contribution in [0.3, 0.4) is 0 Å². The highest BCUT2D eigenvalue weighted by Gasteiger charge is 2.19. The van der Waals surface area contributed by atoms with E-state index in [4.69, 9.17) is 4.98 Å². The van der Waals surface area contributed by atoms with Gasteiger partial charge in [-0.2, -0.15) is 15.1 Å². The minimum atomic E-state index is 0.631. The predicted molar refractivity (Wildman–Crippen MR) is 89.3 cm³/mol. The van der Waals surface area contributed by atoms with E-state index in [9.17, 15) is 0 Å². The van der Waals surface area contributed by atoms with Gasteiger partial charge in [0.2, 0.25) is 5.95 Å². The maximum absolute atomic E-state index is 4.74. The van der Waals surface area contributed by atoms with Gasteiger partial charge in [-0.3, -0.25) is 9.67 Å². The lowest BCUT2D eigenvalue weighted by molar-refractivity contribution is 0.785. The van der Waals surface area contributed by atoms with E-state index in [1.807, 2.05) is 31.6 Å². The number of anilines is 2. The number of hydrogen-bond donors (Lipinski definition) is 1. The SMILES string of the molecule is Cn1ncc2c(N3CCCC3)nc(NCc3cccnc3)nc21. The average Bonchev–Trinajstić information content (AvgIpc) is 3.24. The molecule has 4 heterocycles. The summed E-state index contributed by atoms with van der Waals surface area (Å²) >= 11 is 0. The maximum atomic E-state index is 4.74. The van der Waals surface area contributed by atoms with Gasteiger partial charge in [-0.25, -0.2) is 0 Å². The average molecular weight is 309 g/mol. The molecule has 0 saturated carbocycles. The minimum absolute atomic E-state index is 0.631.